The Balaban J connectivity index is 1.39. The van der Waals surface area contributed by atoms with Gasteiger partial charge in [0, 0.05) is 24.1 Å². The third-order valence-electron chi connectivity index (χ3n) is 6.96. The molecule has 1 amide bonds. The standard InChI is InChI=1S/C23H25N3O2/c1-21(2)11-15(5-8-28-21)20(27)26-19-10-17-9-18(4-3-16(17)12-25-19)23(14-24)13-22(23)6-7-22/h3-4,9-10,12,15H,5-8,11,13H2,1-2H3,(H,25,26,27)/t15-,23+/m0/s1. The number of hydrogen-bond donors (Lipinski definition) is 1. The van der Waals surface area contributed by atoms with Gasteiger partial charge in [-0.25, -0.2) is 4.98 Å². The molecule has 1 aromatic heterocycles. The van der Waals surface area contributed by atoms with Crippen LogP contribution in [0.2, 0.25) is 0 Å². The van der Waals surface area contributed by atoms with E-state index in [1.807, 2.05) is 26.0 Å². The molecule has 0 bridgehead atoms. The van der Waals surface area contributed by atoms with Crippen LogP contribution in [0.5, 0.6) is 0 Å². The summed E-state index contributed by atoms with van der Waals surface area (Å²) in [6.07, 6.45) is 6.55. The maximum absolute atomic E-state index is 12.7. The van der Waals surface area contributed by atoms with Crippen LogP contribution in [0.3, 0.4) is 0 Å². The van der Waals surface area contributed by atoms with E-state index in [0.29, 0.717) is 18.8 Å². The number of amides is 1. The van der Waals surface area contributed by atoms with Crippen molar-refractivity contribution in [3.05, 3.63) is 36.0 Å². The molecule has 28 heavy (non-hydrogen) atoms. The highest BCUT2D eigenvalue weighted by molar-refractivity contribution is 5.94. The van der Waals surface area contributed by atoms with E-state index in [1.54, 1.807) is 6.20 Å². The zero-order valence-corrected chi connectivity index (χ0v) is 16.4. The quantitative estimate of drug-likeness (QED) is 0.867. The molecule has 0 radical (unpaired) electrons. The van der Waals surface area contributed by atoms with E-state index in [-0.39, 0.29) is 28.3 Å². The Morgan fingerprint density at radius 3 is 2.79 bits per heavy atom. The molecule has 0 unspecified atom stereocenters. The number of pyridine rings is 1. The second-order valence-corrected chi connectivity index (χ2v) is 9.39. The van der Waals surface area contributed by atoms with Crippen LogP contribution in [0.25, 0.3) is 10.8 Å². The largest absolute Gasteiger partial charge is 0.376 e. The predicted molar refractivity (Wildman–Crippen MR) is 107 cm³/mol. The number of nitrogens with one attached hydrogen (secondary N) is 1. The molecule has 2 aliphatic carbocycles. The van der Waals surface area contributed by atoms with Gasteiger partial charge in [0.15, 0.2) is 0 Å². The summed E-state index contributed by atoms with van der Waals surface area (Å²) in [5, 5.41) is 14.8. The fraction of sp³-hybridized carbons (Fsp3) is 0.522. The van der Waals surface area contributed by atoms with E-state index in [2.05, 4.69) is 28.5 Å². The van der Waals surface area contributed by atoms with Gasteiger partial charge < -0.3 is 10.1 Å². The minimum absolute atomic E-state index is 0.00648. The predicted octanol–water partition coefficient (Wildman–Crippen LogP) is 4.32. The number of nitrogens with zero attached hydrogens (tertiary/aromatic N) is 2. The molecule has 2 saturated carbocycles. The molecule has 3 aliphatic rings. The molecule has 1 aliphatic heterocycles. The van der Waals surface area contributed by atoms with E-state index >= 15 is 0 Å². The van der Waals surface area contributed by atoms with Crippen LogP contribution >= 0.6 is 0 Å². The first kappa shape index (κ1) is 17.6. The van der Waals surface area contributed by atoms with Crippen molar-refractivity contribution >= 4 is 22.5 Å². The number of ether oxygens (including phenoxy) is 1. The Labute approximate surface area is 165 Å². The van der Waals surface area contributed by atoms with Crippen LogP contribution in [-0.2, 0) is 14.9 Å². The highest BCUT2D eigenvalue weighted by Crippen LogP contribution is 2.78. The summed E-state index contributed by atoms with van der Waals surface area (Å²) in [6, 6.07) is 10.7. The van der Waals surface area contributed by atoms with E-state index in [4.69, 9.17) is 4.74 Å². The topological polar surface area (TPSA) is 75.0 Å². The Bertz CT molecular complexity index is 1020. The van der Waals surface area contributed by atoms with E-state index < -0.39 is 0 Å². The van der Waals surface area contributed by atoms with Crippen molar-refractivity contribution in [2.75, 3.05) is 11.9 Å². The van der Waals surface area contributed by atoms with Crippen LogP contribution in [0.1, 0.15) is 51.5 Å². The molecular weight excluding hydrogens is 350 g/mol. The van der Waals surface area contributed by atoms with Crippen molar-refractivity contribution in [1.29, 1.82) is 5.26 Å². The Kier molecular flexibility index (Phi) is 3.64. The molecule has 2 atom stereocenters. The number of nitriles is 1. The molecular formula is C23H25N3O2. The zero-order chi connectivity index (χ0) is 19.6. The highest BCUT2D eigenvalue weighted by atomic mass is 16.5. The van der Waals surface area contributed by atoms with Crippen molar-refractivity contribution in [3.63, 3.8) is 0 Å². The number of rotatable bonds is 3. The maximum atomic E-state index is 12.7. The van der Waals surface area contributed by atoms with Crippen LogP contribution in [0, 0.1) is 22.7 Å². The smallest absolute Gasteiger partial charge is 0.228 e. The second-order valence-electron chi connectivity index (χ2n) is 9.39. The molecule has 1 N–H and O–H groups in total. The third-order valence-corrected chi connectivity index (χ3v) is 6.96. The Morgan fingerprint density at radius 1 is 1.29 bits per heavy atom. The first-order chi connectivity index (χ1) is 13.4. The summed E-state index contributed by atoms with van der Waals surface area (Å²) in [6.45, 7) is 4.66. The van der Waals surface area contributed by atoms with Gasteiger partial charge in [-0.1, -0.05) is 12.1 Å². The summed E-state index contributed by atoms with van der Waals surface area (Å²) in [5.74, 6) is 0.518. The van der Waals surface area contributed by atoms with E-state index in [0.717, 1.165) is 42.0 Å². The third kappa shape index (κ3) is 2.70. The number of carbonyl (C=O) groups is 1. The van der Waals surface area contributed by atoms with Gasteiger partial charge in [-0.3, -0.25) is 4.79 Å². The number of hydrogen-bond acceptors (Lipinski definition) is 4. The number of anilines is 1. The average Bonchev–Trinajstić information content (AvgIpc) is 3.58. The average molecular weight is 375 g/mol. The molecule has 144 valence electrons. The lowest BCUT2D eigenvalue weighted by Gasteiger charge is -2.34. The highest BCUT2D eigenvalue weighted by Gasteiger charge is 2.75. The van der Waals surface area contributed by atoms with Gasteiger partial charge in [-0.2, -0.15) is 5.26 Å². The first-order valence-electron chi connectivity index (χ1n) is 10.1. The lowest BCUT2D eigenvalue weighted by Crippen LogP contribution is -2.39. The van der Waals surface area contributed by atoms with Crippen LogP contribution in [-0.4, -0.2) is 23.1 Å². The summed E-state index contributed by atoms with van der Waals surface area (Å²) in [5.41, 5.74) is 0.784. The molecule has 5 heteroatoms. The SMILES string of the molecule is CC1(C)C[C@@H](C(=O)Nc2cc3cc([C@]4(C#N)CC45CC5)ccc3cn2)CCO1. The lowest BCUT2D eigenvalue weighted by atomic mass is 9.88. The summed E-state index contributed by atoms with van der Waals surface area (Å²) in [4.78, 5) is 17.1. The van der Waals surface area contributed by atoms with Crippen LogP contribution in [0.4, 0.5) is 5.82 Å². The van der Waals surface area contributed by atoms with Gasteiger partial charge in [0.05, 0.1) is 17.1 Å². The van der Waals surface area contributed by atoms with Crippen LogP contribution < -0.4 is 5.32 Å². The fourth-order valence-electron chi connectivity index (χ4n) is 5.01. The number of carbonyl (C=O) groups excluding carboxylic acids is 1. The fourth-order valence-corrected chi connectivity index (χ4v) is 5.01. The van der Waals surface area contributed by atoms with E-state index in [9.17, 15) is 10.1 Å². The minimum Gasteiger partial charge on any atom is -0.376 e. The zero-order valence-electron chi connectivity index (χ0n) is 16.4. The molecule has 1 saturated heterocycles. The maximum Gasteiger partial charge on any atom is 0.228 e. The summed E-state index contributed by atoms with van der Waals surface area (Å²) < 4.78 is 5.72. The van der Waals surface area contributed by atoms with Crippen molar-refractivity contribution in [3.8, 4) is 6.07 Å². The van der Waals surface area contributed by atoms with Gasteiger partial charge in [0.2, 0.25) is 5.91 Å². The van der Waals surface area contributed by atoms with Crippen molar-refractivity contribution in [2.24, 2.45) is 11.3 Å². The number of benzene rings is 1. The molecule has 2 aromatic rings. The van der Waals surface area contributed by atoms with Gasteiger partial charge in [0.1, 0.15) is 5.82 Å². The minimum atomic E-state index is -0.304. The van der Waals surface area contributed by atoms with Gasteiger partial charge in [-0.05, 0) is 74.4 Å². The Hall–Kier alpha value is -2.45. The van der Waals surface area contributed by atoms with Crippen molar-refractivity contribution in [1.82, 2.24) is 4.98 Å². The van der Waals surface area contributed by atoms with Crippen molar-refractivity contribution < 1.29 is 9.53 Å². The van der Waals surface area contributed by atoms with Crippen molar-refractivity contribution in [2.45, 2.75) is 57.0 Å². The van der Waals surface area contributed by atoms with Crippen LogP contribution in [0.15, 0.2) is 30.5 Å². The molecule has 5 rings (SSSR count). The molecule has 3 fully saturated rings. The second kappa shape index (κ2) is 5.78. The normalized spacial score (nSPS) is 29.2. The molecule has 1 aromatic carbocycles. The number of fused-ring (bicyclic) bond motifs is 1. The summed E-state index contributed by atoms with van der Waals surface area (Å²) >= 11 is 0. The molecule has 2 heterocycles. The summed E-state index contributed by atoms with van der Waals surface area (Å²) in [7, 11) is 0. The Morgan fingerprint density at radius 2 is 2.11 bits per heavy atom. The number of aromatic nitrogens is 1. The van der Waals surface area contributed by atoms with Gasteiger partial charge in [0.25, 0.3) is 0 Å². The molecule has 1 spiro atoms. The first-order valence-corrected chi connectivity index (χ1v) is 10.1. The lowest BCUT2D eigenvalue weighted by molar-refractivity contribution is -0.130. The monoisotopic (exact) mass is 375 g/mol. The van der Waals surface area contributed by atoms with E-state index in [1.165, 1.54) is 0 Å². The van der Waals surface area contributed by atoms with Gasteiger partial charge >= 0.3 is 0 Å². The van der Waals surface area contributed by atoms with Gasteiger partial charge in [-0.15, -0.1) is 0 Å². The molecule has 5 nitrogen and oxygen atoms in total.